The second-order valence-corrected chi connectivity index (χ2v) is 8.13. The zero-order valence-corrected chi connectivity index (χ0v) is 17.4. The van der Waals surface area contributed by atoms with Crippen LogP contribution in [0.3, 0.4) is 0 Å². The van der Waals surface area contributed by atoms with Gasteiger partial charge in [0.15, 0.2) is 0 Å². The Morgan fingerprint density at radius 3 is 2.77 bits per heavy atom. The van der Waals surface area contributed by atoms with Crippen LogP contribution in [0.4, 0.5) is 13.2 Å². The molecule has 1 saturated heterocycles. The summed E-state index contributed by atoms with van der Waals surface area (Å²) in [4.78, 5) is 18.9. The molecule has 1 aromatic heterocycles. The van der Waals surface area contributed by atoms with E-state index in [1.807, 2.05) is 13.8 Å². The fraction of sp³-hybridized carbons (Fsp3) is 0.545. The quantitative estimate of drug-likeness (QED) is 0.628. The Labute approximate surface area is 174 Å². The van der Waals surface area contributed by atoms with E-state index in [1.54, 1.807) is 27.9 Å². The van der Waals surface area contributed by atoms with Gasteiger partial charge in [0, 0.05) is 38.5 Å². The maximum Gasteiger partial charge on any atom is 0.416 e. The van der Waals surface area contributed by atoms with E-state index in [-0.39, 0.29) is 36.6 Å². The number of hydrogen-bond acceptors (Lipinski definition) is 3. The number of benzene rings is 1. The first-order chi connectivity index (χ1) is 14.2. The van der Waals surface area contributed by atoms with Gasteiger partial charge in [-0.15, -0.1) is 0 Å². The first-order valence-corrected chi connectivity index (χ1v) is 10.3. The van der Waals surface area contributed by atoms with Gasteiger partial charge < -0.3 is 14.2 Å². The molecule has 1 aliphatic heterocycles. The van der Waals surface area contributed by atoms with Crippen molar-refractivity contribution in [1.29, 1.82) is 0 Å². The molecule has 0 saturated carbocycles. The molecule has 164 valence electrons. The summed E-state index contributed by atoms with van der Waals surface area (Å²) in [7, 11) is 0. The molecular formula is C22H28F3N3O2. The topological polar surface area (TPSA) is 47.4 Å². The Morgan fingerprint density at radius 2 is 2.10 bits per heavy atom. The van der Waals surface area contributed by atoms with Gasteiger partial charge in [0.2, 0.25) is 5.91 Å². The number of ether oxygens (including phenoxy) is 1. The van der Waals surface area contributed by atoms with Crippen LogP contribution in [0.25, 0.3) is 0 Å². The van der Waals surface area contributed by atoms with E-state index >= 15 is 0 Å². The third-order valence-electron chi connectivity index (χ3n) is 5.18. The number of halogens is 3. The summed E-state index contributed by atoms with van der Waals surface area (Å²) in [6, 6.07) is 5.54. The number of hydrogen-bond donors (Lipinski definition) is 0. The van der Waals surface area contributed by atoms with Gasteiger partial charge in [0.25, 0.3) is 0 Å². The zero-order valence-electron chi connectivity index (χ0n) is 17.4. The number of rotatable bonds is 8. The highest BCUT2D eigenvalue weighted by atomic mass is 19.4. The second-order valence-electron chi connectivity index (χ2n) is 8.13. The number of alkyl halides is 3. The molecule has 0 N–H and O–H groups in total. The summed E-state index contributed by atoms with van der Waals surface area (Å²) < 4.78 is 47.4. The van der Waals surface area contributed by atoms with Gasteiger partial charge in [-0.2, -0.15) is 13.2 Å². The molecule has 2 heterocycles. The first-order valence-electron chi connectivity index (χ1n) is 10.3. The van der Waals surface area contributed by atoms with Crippen molar-refractivity contribution in [2.75, 3.05) is 13.2 Å². The number of nitrogens with zero attached hydrogens (tertiary/aromatic N) is 3. The number of carbonyl (C=O) groups excluding carboxylic acids is 1. The molecule has 1 amide bonds. The molecule has 0 bridgehead atoms. The summed E-state index contributed by atoms with van der Waals surface area (Å²) in [5.41, 5.74) is -0.486. The molecule has 3 rings (SSSR count). The van der Waals surface area contributed by atoms with Crippen molar-refractivity contribution >= 4 is 5.91 Å². The van der Waals surface area contributed by atoms with Gasteiger partial charge >= 0.3 is 6.18 Å². The van der Waals surface area contributed by atoms with E-state index in [2.05, 4.69) is 4.98 Å². The number of aromatic nitrogens is 2. The maximum atomic E-state index is 13.4. The third-order valence-corrected chi connectivity index (χ3v) is 5.18. The van der Waals surface area contributed by atoms with Gasteiger partial charge in [-0.3, -0.25) is 4.79 Å². The highest BCUT2D eigenvalue weighted by Gasteiger charge is 2.33. The molecule has 1 fully saturated rings. The molecule has 5 nitrogen and oxygen atoms in total. The van der Waals surface area contributed by atoms with Crippen LogP contribution in [0.15, 0.2) is 36.7 Å². The molecular weight excluding hydrogens is 395 g/mol. The minimum Gasteiger partial charge on any atom is -0.376 e. The molecule has 1 atom stereocenters. The fourth-order valence-electron chi connectivity index (χ4n) is 3.69. The molecule has 0 radical (unpaired) electrons. The normalized spacial score (nSPS) is 16.9. The molecule has 2 aromatic rings. The van der Waals surface area contributed by atoms with E-state index in [0.29, 0.717) is 25.4 Å². The van der Waals surface area contributed by atoms with Gasteiger partial charge in [-0.05, 0) is 30.4 Å². The van der Waals surface area contributed by atoms with Crippen molar-refractivity contribution in [1.82, 2.24) is 14.5 Å². The molecule has 8 heteroatoms. The third kappa shape index (κ3) is 5.84. The Bertz CT molecular complexity index is 842. The summed E-state index contributed by atoms with van der Waals surface area (Å²) in [5.74, 6) is 0.774. The van der Waals surface area contributed by atoms with Gasteiger partial charge in [-0.1, -0.05) is 32.0 Å². The smallest absolute Gasteiger partial charge is 0.376 e. The lowest BCUT2D eigenvalue weighted by Crippen LogP contribution is -2.38. The summed E-state index contributed by atoms with van der Waals surface area (Å²) in [6.45, 7) is 5.41. The summed E-state index contributed by atoms with van der Waals surface area (Å²) in [6.07, 6.45) is 1.07. The molecule has 0 aliphatic carbocycles. The minimum atomic E-state index is -4.42. The monoisotopic (exact) mass is 423 g/mol. The van der Waals surface area contributed by atoms with E-state index in [4.69, 9.17) is 4.74 Å². The first kappa shape index (κ1) is 22.3. The van der Waals surface area contributed by atoms with Crippen LogP contribution in [0.1, 0.15) is 50.1 Å². The summed E-state index contributed by atoms with van der Waals surface area (Å²) >= 11 is 0. The Balaban J connectivity index is 1.79. The lowest BCUT2D eigenvalue weighted by molar-refractivity contribution is -0.138. The zero-order chi connectivity index (χ0) is 21.7. The standard InChI is InChI=1S/C22H28F3N3O2/c1-16(2)12-21(29)28(14-18-7-5-11-30-18)15-20-26-9-10-27(20)13-17-6-3-4-8-19(17)22(23,24)25/h3-4,6,8-10,16,18H,5,7,11-15H2,1-2H3/t18-/m1/s1. The van der Waals surface area contributed by atoms with Crippen molar-refractivity contribution in [3.8, 4) is 0 Å². The van der Waals surface area contributed by atoms with Crippen LogP contribution in [0.5, 0.6) is 0 Å². The van der Waals surface area contributed by atoms with Gasteiger partial charge in [0.05, 0.1) is 18.2 Å². The van der Waals surface area contributed by atoms with Crippen LogP contribution in [-0.4, -0.2) is 39.6 Å². The lowest BCUT2D eigenvalue weighted by atomic mass is 10.1. The van der Waals surface area contributed by atoms with Crippen LogP contribution in [-0.2, 0) is 28.8 Å². The maximum absolute atomic E-state index is 13.4. The van der Waals surface area contributed by atoms with E-state index in [1.165, 1.54) is 12.1 Å². The second kappa shape index (κ2) is 9.64. The molecule has 0 unspecified atom stereocenters. The fourth-order valence-corrected chi connectivity index (χ4v) is 3.69. The van der Waals surface area contributed by atoms with E-state index < -0.39 is 11.7 Å². The number of amides is 1. The minimum absolute atomic E-state index is 0.00419. The largest absolute Gasteiger partial charge is 0.416 e. The van der Waals surface area contributed by atoms with Gasteiger partial charge in [0.1, 0.15) is 5.82 Å². The molecule has 0 spiro atoms. The van der Waals surface area contributed by atoms with Crippen molar-refractivity contribution < 1.29 is 22.7 Å². The predicted octanol–water partition coefficient (Wildman–Crippen LogP) is 4.50. The van der Waals surface area contributed by atoms with Crippen LogP contribution < -0.4 is 0 Å². The average Bonchev–Trinajstić information content (AvgIpc) is 3.32. The molecule has 30 heavy (non-hydrogen) atoms. The Kier molecular flexibility index (Phi) is 7.18. The summed E-state index contributed by atoms with van der Waals surface area (Å²) in [5, 5.41) is 0. The van der Waals surface area contributed by atoms with Crippen molar-refractivity contribution in [2.24, 2.45) is 5.92 Å². The highest BCUT2D eigenvalue weighted by molar-refractivity contribution is 5.76. The van der Waals surface area contributed by atoms with Crippen LogP contribution >= 0.6 is 0 Å². The van der Waals surface area contributed by atoms with Crippen LogP contribution in [0.2, 0.25) is 0 Å². The van der Waals surface area contributed by atoms with Crippen LogP contribution in [0, 0.1) is 5.92 Å². The highest BCUT2D eigenvalue weighted by Crippen LogP contribution is 2.32. The Hall–Kier alpha value is -2.35. The average molecular weight is 423 g/mol. The van der Waals surface area contributed by atoms with E-state index in [9.17, 15) is 18.0 Å². The van der Waals surface area contributed by atoms with Crippen molar-refractivity contribution in [3.05, 3.63) is 53.6 Å². The molecule has 1 aliphatic rings. The predicted molar refractivity (Wildman–Crippen MR) is 107 cm³/mol. The van der Waals surface area contributed by atoms with Crippen molar-refractivity contribution in [3.63, 3.8) is 0 Å². The van der Waals surface area contributed by atoms with Crippen molar-refractivity contribution in [2.45, 2.75) is 58.5 Å². The molecule has 1 aromatic carbocycles. The van der Waals surface area contributed by atoms with Gasteiger partial charge in [-0.25, -0.2) is 4.98 Å². The lowest BCUT2D eigenvalue weighted by Gasteiger charge is -2.26. The number of carbonyl (C=O) groups is 1. The number of imidazole rings is 1. The SMILES string of the molecule is CC(C)CC(=O)N(Cc1nccn1Cc1ccccc1C(F)(F)F)C[C@H]1CCCO1. The Morgan fingerprint density at radius 1 is 1.33 bits per heavy atom. The van der Waals surface area contributed by atoms with E-state index in [0.717, 1.165) is 18.9 Å².